The van der Waals surface area contributed by atoms with Gasteiger partial charge >= 0.3 is 0 Å². The van der Waals surface area contributed by atoms with E-state index >= 15 is 0 Å². The quantitative estimate of drug-likeness (QED) is 0.606. The summed E-state index contributed by atoms with van der Waals surface area (Å²) in [5.74, 6) is 0.00735. The van der Waals surface area contributed by atoms with E-state index in [4.69, 9.17) is 5.73 Å². The van der Waals surface area contributed by atoms with E-state index in [0.29, 0.717) is 12.3 Å². The zero-order valence-electron chi connectivity index (χ0n) is 9.79. The lowest BCUT2D eigenvalue weighted by molar-refractivity contribution is -0.127. The van der Waals surface area contributed by atoms with Crippen LogP contribution in [0.5, 0.6) is 0 Å². The fourth-order valence-corrected chi connectivity index (χ4v) is 1.89. The third kappa shape index (κ3) is 4.61. The van der Waals surface area contributed by atoms with Crippen LogP contribution in [0.3, 0.4) is 0 Å². The van der Waals surface area contributed by atoms with Crippen LogP contribution >= 0.6 is 0 Å². The number of hydrogen-bond donors (Lipinski definition) is 3. The molecule has 92 valence electrons. The highest BCUT2D eigenvalue weighted by Gasteiger charge is 2.16. The number of rotatable bonds is 5. The van der Waals surface area contributed by atoms with Crippen molar-refractivity contribution in [3.8, 4) is 0 Å². The average molecular weight is 227 g/mol. The SMILES string of the molecule is CC(NC(=O)CCC1CCCNC1)C(N)=O. The van der Waals surface area contributed by atoms with Crippen LogP contribution < -0.4 is 16.4 Å². The second kappa shape index (κ2) is 6.48. The van der Waals surface area contributed by atoms with Gasteiger partial charge in [0.25, 0.3) is 0 Å². The Balaban J connectivity index is 2.16. The topological polar surface area (TPSA) is 84.2 Å². The van der Waals surface area contributed by atoms with Gasteiger partial charge in [0.2, 0.25) is 11.8 Å². The van der Waals surface area contributed by atoms with Gasteiger partial charge in [-0.3, -0.25) is 9.59 Å². The highest BCUT2D eigenvalue weighted by molar-refractivity contribution is 5.86. The van der Waals surface area contributed by atoms with Crippen LogP contribution in [0.4, 0.5) is 0 Å². The number of piperidine rings is 1. The van der Waals surface area contributed by atoms with Gasteiger partial charge in [-0.1, -0.05) is 0 Å². The lowest BCUT2D eigenvalue weighted by Crippen LogP contribution is -2.42. The number of carbonyl (C=O) groups excluding carboxylic acids is 2. The van der Waals surface area contributed by atoms with Crippen molar-refractivity contribution in [2.45, 2.75) is 38.6 Å². The number of hydrogen-bond acceptors (Lipinski definition) is 3. The first kappa shape index (κ1) is 13.0. The summed E-state index contributed by atoms with van der Waals surface area (Å²) in [5.41, 5.74) is 5.06. The van der Waals surface area contributed by atoms with Gasteiger partial charge in [0.15, 0.2) is 0 Å². The van der Waals surface area contributed by atoms with Crippen LogP contribution in [-0.2, 0) is 9.59 Å². The molecule has 1 fully saturated rings. The van der Waals surface area contributed by atoms with E-state index in [9.17, 15) is 9.59 Å². The molecular weight excluding hydrogens is 206 g/mol. The molecule has 5 heteroatoms. The summed E-state index contributed by atoms with van der Waals surface area (Å²) in [6, 6.07) is -0.572. The molecule has 4 N–H and O–H groups in total. The van der Waals surface area contributed by atoms with Crippen molar-refractivity contribution in [1.29, 1.82) is 0 Å². The zero-order valence-corrected chi connectivity index (χ0v) is 9.79. The molecule has 0 bridgehead atoms. The van der Waals surface area contributed by atoms with Crippen LogP contribution in [-0.4, -0.2) is 30.9 Å². The summed E-state index contributed by atoms with van der Waals surface area (Å²) < 4.78 is 0. The molecule has 0 aromatic carbocycles. The molecule has 2 unspecified atom stereocenters. The van der Waals surface area contributed by atoms with Crippen molar-refractivity contribution < 1.29 is 9.59 Å². The van der Waals surface area contributed by atoms with Crippen molar-refractivity contribution in [1.82, 2.24) is 10.6 Å². The van der Waals surface area contributed by atoms with Gasteiger partial charge in [-0.25, -0.2) is 0 Å². The molecule has 1 aliphatic rings. The van der Waals surface area contributed by atoms with E-state index in [1.54, 1.807) is 6.92 Å². The Kier molecular flexibility index (Phi) is 5.25. The van der Waals surface area contributed by atoms with E-state index < -0.39 is 11.9 Å². The van der Waals surface area contributed by atoms with E-state index in [1.807, 2.05) is 0 Å². The maximum Gasteiger partial charge on any atom is 0.239 e. The normalized spacial score (nSPS) is 22.4. The van der Waals surface area contributed by atoms with Crippen molar-refractivity contribution >= 4 is 11.8 Å². The highest BCUT2D eigenvalue weighted by Crippen LogP contribution is 2.15. The van der Waals surface area contributed by atoms with Crippen LogP contribution in [0.25, 0.3) is 0 Å². The first-order valence-corrected chi connectivity index (χ1v) is 5.89. The second-order valence-electron chi connectivity index (χ2n) is 4.44. The smallest absolute Gasteiger partial charge is 0.239 e. The Morgan fingerprint density at radius 3 is 2.88 bits per heavy atom. The molecule has 0 aromatic rings. The summed E-state index contributed by atoms with van der Waals surface area (Å²) in [6.07, 6.45) is 3.73. The Morgan fingerprint density at radius 2 is 2.31 bits per heavy atom. The van der Waals surface area contributed by atoms with Crippen molar-refractivity contribution in [2.24, 2.45) is 11.7 Å². The molecular formula is C11H21N3O2. The number of nitrogens with one attached hydrogen (secondary N) is 2. The Labute approximate surface area is 96.1 Å². The van der Waals surface area contributed by atoms with Crippen LogP contribution in [0.2, 0.25) is 0 Å². The second-order valence-corrected chi connectivity index (χ2v) is 4.44. The van der Waals surface area contributed by atoms with Gasteiger partial charge in [-0.2, -0.15) is 0 Å². The highest BCUT2D eigenvalue weighted by atomic mass is 16.2. The van der Waals surface area contributed by atoms with E-state index in [1.165, 1.54) is 12.8 Å². The van der Waals surface area contributed by atoms with Crippen LogP contribution in [0, 0.1) is 5.92 Å². The van der Waals surface area contributed by atoms with Gasteiger partial charge in [-0.05, 0) is 45.2 Å². The summed E-state index contributed by atoms with van der Waals surface area (Å²) in [7, 11) is 0. The van der Waals surface area contributed by atoms with Crippen LogP contribution in [0.15, 0.2) is 0 Å². The standard InChI is InChI=1S/C11H21N3O2/c1-8(11(12)16)14-10(15)5-4-9-3-2-6-13-7-9/h8-9,13H,2-7H2,1H3,(H2,12,16)(H,14,15). The summed E-state index contributed by atoms with van der Waals surface area (Å²) in [4.78, 5) is 22.2. The number of primary amides is 1. The lowest BCUT2D eigenvalue weighted by Gasteiger charge is -2.22. The molecule has 1 saturated heterocycles. The van der Waals surface area contributed by atoms with Gasteiger partial charge in [0.05, 0.1) is 0 Å². The molecule has 1 aliphatic heterocycles. The molecule has 0 radical (unpaired) electrons. The number of nitrogens with two attached hydrogens (primary N) is 1. The number of amides is 2. The summed E-state index contributed by atoms with van der Waals surface area (Å²) >= 11 is 0. The maximum absolute atomic E-state index is 11.5. The molecule has 0 saturated carbocycles. The molecule has 0 aromatic heterocycles. The third-order valence-corrected chi connectivity index (χ3v) is 2.98. The maximum atomic E-state index is 11.5. The van der Waals surface area contributed by atoms with Gasteiger partial charge in [0, 0.05) is 6.42 Å². The van der Waals surface area contributed by atoms with E-state index in [2.05, 4.69) is 10.6 Å². The minimum atomic E-state index is -0.572. The molecule has 5 nitrogen and oxygen atoms in total. The zero-order chi connectivity index (χ0) is 12.0. The monoisotopic (exact) mass is 227 g/mol. The predicted molar refractivity (Wildman–Crippen MR) is 61.6 cm³/mol. The number of carbonyl (C=O) groups is 2. The molecule has 16 heavy (non-hydrogen) atoms. The van der Waals surface area contributed by atoms with E-state index in [-0.39, 0.29) is 5.91 Å². The first-order chi connectivity index (χ1) is 7.59. The van der Waals surface area contributed by atoms with E-state index in [0.717, 1.165) is 19.5 Å². The molecule has 1 heterocycles. The fourth-order valence-electron chi connectivity index (χ4n) is 1.89. The minimum absolute atomic E-state index is 0.0862. The Bertz CT molecular complexity index is 250. The van der Waals surface area contributed by atoms with Crippen molar-refractivity contribution in [3.63, 3.8) is 0 Å². The molecule has 2 amide bonds. The van der Waals surface area contributed by atoms with Crippen molar-refractivity contribution in [3.05, 3.63) is 0 Å². The first-order valence-electron chi connectivity index (χ1n) is 5.89. The molecule has 2 atom stereocenters. The fraction of sp³-hybridized carbons (Fsp3) is 0.818. The van der Waals surface area contributed by atoms with Crippen molar-refractivity contribution in [2.75, 3.05) is 13.1 Å². The van der Waals surface area contributed by atoms with Gasteiger partial charge < -0.3 is 16.4 Å². The largest absolute Gasteiger partial charge is 0.368 e. The predicted octanol–water partition coefficient (Wildman–Crippen LogP) is -0.244. The summed E-state index contributed by atoms with van der Waals surface area (Å²) in [5, 5.41) is 5.90. The van der Waals surface area contributed by atoms with Gasteiger partial charge in [-0.15, -0.1) is 0 Å². The average Bonchev–Trinajstić information content (AvgIpc) is 2.27. The van der Waals surface area contributed by atoms with Gasteiger partial charge in [0.1, 0.15) is 6.04 Å². The minimum Gasteiger partial charge on any atom is -0.368 e. The summed E-state index contributed by atoms with van der Waals surface area (Å²) in [6.45, 7) is 3.68. The molecule has 1 rings (SSSR count). The molecule has 0 aliphatic carbocycles. The Morgan fingerprint density at radius 1 is 1.56 bits per heavy atom. The lowest BCUT2D eigenvalue weighted by atomic mass is 9.94. The van der Waals surface area contributed by atoms with Crippen LogP contribution in [0.1, 0.15) is 32.6 Å². The molecule has 0 spiro atoms. The third-order valence-electron chi connectivity index (χ3n) is 2.98. The Hall–Kier alpha value is -1.10.